The fraction of sp³-hybridized carbons (Fsp3) is 0.273. The zero-order chi connectivity index (χ0) is 14.0. The second-order valence-electron chi connectivity index (χ2n) is 4.02. The smallest absolute Gasteiger partial charge is 0.305 e. The van der Waals surface area contributed by atoms with Gasteiger partial charge in [-0.2, -0.15) is 0 Å². The van der Waals surface area contributed by atoms with Crippen molar-refractivity contribution in [1.82, 2.24) is 20.2 Å². The van der Waals surface area contributed by atoms with E-state index in [1.807, 2.05) is 18.2 Å². The molecule has 0 fully saturated rings. The van der Waals surface area contributed by atoms with Crippen LogP contribution in [0.25, 0.3) is 11.4 Å². The van der Waals surface area contributed by atoms with Gasteiger partial charge in [-0.05, 0) is 58.1 Å². The summed E-state index contributed by atoms with van der Waals surface area (Å²) in [5.41, 5.74) is 0.842. The Hall–Kier alpha value is -1.03. The van der Waals surface area contributed by atoms with Crippen molar-refractivity contribution in [2.75, 3.05) is 0 Å². The van der Waals surface area contributed by atoms with Gasteiger partial charge < -0.3 is 5.11 Å². The number of hydrogen-bond acceptors (Lipinski definition) is 4. The Balaban J connectivity index is 2.44. The fourth-order valence-corrected chi connectivity index (χ4v) is 2.59. The topological polar surface area (TPSA) is 80.9 Å². The van der Waals surface area contributed by atoms with Gasteiger partial charge >= 0.3 is 5.97 Å². The SMILES string of the molecule is CC(CC(=O)O)n1nnnc1-c1cc(I)ccc1Br. The maximum atomic E-state index is 10.8. The highest BCUT2D eigenvalue weighted by Crippen LogP contribution is 2.29. The van der Waals surface area contributed by atoms with Crippen molar-refractivity contribution >= 4 is 44.5 Å². The van der Waals surface area contributed by atoms with Crippen LogP contribution in [0.1, 0.15) is 19.4 Å². The third-order valence-electron chi connectivity index (χ3n) is 2.55. The highest BCUT2D eigenvalue weighted by molar-refractivity contribution is 14.1. The predicted molar refractivity (Wildman–Crippen MR) is 80.6 cm³/mol. The summed E-state index contributed by atoms with van der Waals surface area (Å²) in [5, 5.41) is 20.4. The van der Waals surface area contributed by atoms with Gasteiger partial charge in [-0.3, -0.25) is 4.79 Å². The standard InChI is InChI=1S/C11H10BrIN4O2/c1-6(4-10(18)19)17-11(14-15-16-17)8-5-7(13)2-3-9(8)12/h2-3,5-6H,4H2,1H3,(H,18,19). The molecule has 1 atom stereocenters. The maximum absolute atomic E-state index is 10.8. The van der Waals surface area contributed by atoms with E-state index in [2.05, 4.69) is 54.0 Å². The molecule has 100 valence electrons. The lowest BCUT2D eigenvalue weighted by molar-refractivity contribution is -0.137. The summed E-state index contributed by atoms with van der Waals surface area (Å²) in [5.74, 6) is -0.324. The summed E-state index contributed by atoms with van der Waals surface area (Å²) in [6, 6.07) is 5.51. The van der Waals surface area contributed by atoms with Crippen LogP contribution in [-0.2, 0) is 4.79 Å². The van der Waals surface area contributed by atoms with Gasteiger partial charge in [0.25, 0.3) is 0 Å². The highest BCUT2D eigenvalue weighted by Gasteiger charge is 2.18. The van der Waals surface area contributed by atoms with Gasteiger partial charge in [-0.1, -0.05) is 15.9 Å². The third kappa shape index (κ3) is 3.30. The van der Waals surface area contributed by atoms with E-state index < -0.39 is 5.97 Å². The highest BCUT2D eigenvalue weighted by atomic mass is 127. The Morgan fingerprint density at radius 1 is 1.58 bits per heavy atom. The molecule has 0 aliphatic heterocycles. The molecule has 8 heteroatoms. The van der Waals surface area contributed by atoms with Crippen LogP contribution < -0.4 is 0 Å². The molecule has 1 N–H and O–H groups in total. The molecule has 0 aliphatic rings. The lowest BCUT2D eigenvalue weighted by Crippen LogP contribution is -2.13. The van der Waals surface area contributed by atoms with Crippen molar-refractivity contribution in [2.45, 2.75) is 19.4 Å². The lowest BCUT2D eigenvalue weighted by atomic mass is 10.2. The van der Waals surface area contributed by atoms with Crippen LogP contribution in [0, 0.1) is 3.57 Å². The number of halogens is 2. The molecule has 0 amide bonds. The van der Waals surface area contributed by atoms with E-state index in [9.17, 15) is 4.79 Å². The summed E-state index contributed by atoms with van der Waals surface area (Å²) in [7, 11) is 0. The Bertz CT molecular complexity index is 616. The minimum atomic E-state index is -0.879. The molecule has 0 bridgehead atoms. The first-order valence-corrected chi connectivity index (χ1v) is 7.31. The molecule has 2 aromatic rings. The van der Waals surface area contributed by atoms with Crippen molar-refractivity contribution < 1.29 is 9.90 Å². The van der Waals surface area contributed by atoms with Crippen LogP contribution in [0.3, 0.4) is 0 Å². The number of carbonyl (C=O) groups is 1. The molecular formula is C11H10BrIN4O2. The van der Waals surface area contributed by atoms with E-state index in [0.29, 0.717) is 5.82 Å². The minimum absolute atomic E-state index is 0.0282. The minimum Gasteiger partial charge on any atom is -0.481 e. The Morgan fingerprint density at radius 2 is 2.32 bits per heavy atom. The first-order valence-electron chi connectivity index (χ1n) is 5.44. The summed E-state index contributed by atoms with van der Waals surface area (Å²) in [6.45, 7) is 1.77. The molecule has 2 rings (SSSR count). The van der Waals surface area contributed by atoms with Gasteiger partial charge in [0, 0.05) is 13.6 Å². The second kappa shape index (κ2) is 5.95. The Morgan fingerprint density at radius 3 is 3.00 bits per heavy atom. The molecule has 1 aromatic carbocycles. The van der Waals surface area contributed by atoms with Gasteiger partial charge in [0.15, 0.2) is 5.82 Å². The number of carboxylic acid groups (broad SMARTS) is 1. The zero-order valence-electron chi connectivity index (χ0n) is 9.92. The van der Waals surface area contributed by atoms with Crippen LogP contribution in [0.4, 0.5) is 0 Å². The molecule has 1 unspecified atom stereocenters. The van der Waals surface area contributed by atoms with Crippen molar-refractivity contribution in [3.05, 3.63) is 26.2 Å². The molecule has 1 heterocycles. The lowest BCUT2D eigenvalue weighted by Gasteiger charge is -2.12. The monoisotopic (exact) mass is 436 g/mol. The van der Waals surface area contributed by atoms with Gasteiger partial charge in [-0.25, -0.2) is 4.68 Å². The number of benzene rings is 1. The van der Waals surface area contributed by atoms with Crippen LogP contribution in [0.15, 0.2) is 22.7 Å². The molecule has 0 aliphatic carbocycles. The summed E-state index contributed by atoms with van der Waals surface area (Å²) in [6.07, 6.45) is -0.0282. The van der Waals surface area contributed by atoms with Crippen LogP contribution >= 0.6 is 38.5 Å². The van der Waals surface area contributed by atoms with E-state index >= 15 is 0 Å². The molecule has 0 saturated carbocycles. The Kier molecular flexibility index (Phi) is 4.50. The van der Waals surface area contributed by atoms with Crippen molar-refractivity contribution in [2.24, 2.45) is 0 Å². The number of hydrogen-bond donors (Lipinski definition) is 1. The number of nitrogens with zero attached hydrogens (tertiary/aromatic N) is 4. The fourth-order valence-electron chi connectivity index (χ4n) is 1.68. The summed E-state index contributed by atoms with van der Waals surface area (Å²) >= 11 is 5.66. The first-order chi connectivity index (χ1) is 8.99. The van der Waals surface area contributed by atoms with Crippen molar-refractivity contribution in [3.63, 3.8) is 0 Å². The average Bonchev–Trinajstić information content (AvgIpc) is 2.80. The van der Waals surface area contributed by atoms with Crippen molar-refractivity contribution in [1.29, 1.82) is 0 Å². The second-order valence-corrected chi connectivity index (χ2v) is 6.12. The molecular weight excluding hydrogens is 427 g/mol. The van der Waals surface area contributed by atoms with Gasteiger partial charge in [0.2, 0.25) is 0 Å². The summed E-state index contributed by atoms with van der Waals surface area (Å²) < 4.78 is 3.45. The molecule has 19 heavy (non-hydrogen) atoms. The number of rotatable bonds is 4. The predicted octanol–water partition coefficient (Wildman–Crippen LogP) is 2.74. The Labute approximate surface area is 131 Å². The molecule has 6 nitrogen and oxygen atoms in total. The molecule has 0 saturated heterocycles. The average molecular weight is 437 g/mol. The van der Waals surface area contributed by atoms with Crippen LogP contribution in [0.5, 0.6) is 0 Å². The third-order valence-corrected chi connectivity index (χ3v) is 3.91. The number of aromatic nitrogens is 4. The maximum Gasteiger partial charge on any atom is 0.305 e. The normalized spacial score (nSPS) is 12.4. The number of tetrazole rings is 1. The van der Waals surface area contributed by atoms with Gasteiger partial charge in [0.1, 0.15) is 0 Å². The molecule has 0 radical (unpaired) electrons. The summed E-state index contributed by atoms with van der Waals surface area (Å²) in [4.78, 5) is 10.8. The molecule has 0 spiro atoms. The molecule has 1 aromatic heterocycles. The number of aliphatic carboxylic acids is 1. The van der Waals surface area contributed by atoms with Gasteiger partial charge in [-0.15, -0.1) is 5.10 Å². The van der Waals surface area contributed by atoms with Crippen LogP contribution in [0.2, 0.25) is 0 Å². The van der Waals surface area contributed by atoms with E-state index in [0.717, 1.165) is 13.6 Å². The zero-order valence-corrected chi connectivity index (χ0v) is 13.7. The quantitative estimate of drug-likeness (QED) is 0.745. The first kappa shape index (κ1) is 14.4. The largest absolute Gasteiger partial charge is 0.481 e. The van der Waals surface area contributed by atoms with E-state index in [-0.39, 0.29) is 12.5 Å². The van der Waals surface area contributed by atoms with E-state index in [1.165, 1.54) is 4.68 Å². The van der Waals surface area contributed by atoms with Crippen LogP contribution in [-0.4, -0.2) is 31.3 Å². The van der Waals surface area contributed by atoms with Gasteiger partial charge in [0.05, 0.1) is 12.5 Å². The van der Waals surface area contributed by atoms with Crippen molar-refractivity contribution in [3.8, 4) is 11.4 Å². The number of carboxylic acids is 1. The van der Waals surface area contributed by atoms with E-state index in [4.69, 9.17) is 5.11 Å². The van der Waals surface area contributed by atoms with E-state index in [1.54, 1.807) is 6.92 Å².